The average molecular weight is 404 g/mol. The Balaban J connectivity index is 1.38. The highest BCUT2D eigenvalue weighted by Crippen LogP contribution is 2.21. The minimum atomic E-state index is 0.0477. The second kappa shape index (κ2) is 10.5. The summed E-state index contributed by atoms with van der Waals surface area (Å²) in [7, 11) is 1.69. The molecular weight excluding hydrogens is 374 g/mol. The average Bonchev–Trinajstić information content (AvgIpc) is 3.15. The van der Waals surface area contributed by atoms with E-state index in [0.717, 1.165) is 43.4 Å². The maximum Gasteiger partial charge on any atom is 0.277 e. The van der Waals surface area contributed by atoms with Crippen molar-refractivity contribution in [2.24, 2.45) is 0 Å². The fourth-order valence-corrected chi connectivity index (χ4v) is 4.17. The highest BCUT2D eigenvalue weighted by Gasteiger charge is 2.16. The predicted molar refractivity (Wildman–Crippen MR) is 110 cm³/mol. The largest absolute Gasteiger partial charge is 0.496 e. The molecule has 0 unspecified atom stereocenters. The number of nitrogens with one attached hydrogen (secondary N) is 1. The normalized spacial score (nSPS) is 14.8. The third-order valence-corrected chi connectivity index (χ3v) is 5.88. The topological polar surface area (TPSA) is 77.2 Å². The van der Waals surface area contributed by atoms with Crippen LogP contribution in [0.25, 0.3) is 0 Å². The van der Waals surface area contributed by atoms with Crippen LogP contribution in [0.2, 0.25) is 0 Å². The van der Waals surface area contributed by atoms with Gasteiger partial charge in [0.15, 0.2) is 0 Å². The molecule has 0 bridgehead atoms. The third-order valence-electron chi connectivity index (χ3n) is 5.06. The minimum Gasteiger partial charge on any atom is -0.496 e. The van der Waals surface area contributed by atoms with E-state index in [4.69, 9.17) is 9.15 Å². The molecule has 1 saturated carbocycles. The van der Waals surface area contributed by atoms with Crippen molar-refractivity contribution in [1.82, 2.24) is 15.5 Å². The first-order valence-electron chi connectivity index (χ1n) is 10.0. The Hall–Kier alpha value is -2.02. The number of benzene rings is 1. The molecule has 0 atom stereocenters. The molecule has 0 aliphatic heterocycles. The Morgan fingerprint density at radius 2 is 2.07 bits per heavy atom. The smallest absolute Gasteiger partial charge is 0.277 e. The number of aryl methyl sites for hydroxylation is 3. The Kier molecular flexibility index (Phi) is 7.77. The van der Waals surface area contributed by atoms with Crippen molar-refractivity contribution >= 4 is 17.7 Å². The fourth-order valence-electron chi connectivity index (χ4n) is 3.58. The molecule has 0 saturated heterocycles. The summed E-state index contributed by atoms with van der Waals surface area (Å²) in [6.07, 6.45) is 8.49. The summed E-state index contributed by atoms with van der Waals surface area (Å²) in [5.41, 5.74) is 2.41. The first kappa shape index (κ1) is 20.7. The van der Waals surface area contributed by atoms with Crippen LogP contribution in [0.5, 0.6) is 5.75 Å². The molecule has 28 heavy (non-hydrogen) atoms. The Morgan fingerprint density at radius 1 is 1.25 bits per heavy atom. The molecule has 1 N–H and O–H groups in total. The SMILES string of the molecule is COc1ccc(CCCc2nnc(SCC(=O)NC3CCCCC3)o2)cc1C. The molecule has 1 fully saturated rings. The number of carbonyl (C=O) groups is 1. The molecule has 1 aromatic heterocycles. The summed E-state index contributed by atoms with van der Waals surface area (Å²) < 4.78 is 11.0. The van der Waals surface area contributed by atoms with Crippen molar-refractivity contribution < 1.29 is 13.9 Å². The molecule has 0 spiro atoms. The van der Waals surface area contributed by atoms with Gasteiger partial charge in [-0.1, -0.05) is 43.2 Å². The van der Waals surface area contributed by atoms with Gasteiger partial charge in [0.2, 0.25) is 11.8 Å². The number of ether oxygens (including phenoxy) is 1. The molecule has 6 nitrogen and oxygen atoms in total. The standard InChI is InChI=1S/C21H29N3O3S/c1-15-13-16(11-12-18(15)26-2)7-6-10-20-23-24-21(27-20)28-14-19(25)22-17-8-4-3-5-9-17/h11-13,17H,3-10,14H2,1-2H3,(H,22,25). The fraction of sp³-hybridized carbons (Fsp3) is 0.571. The molecule has 7 heteroatoms. The second-order valence-corrected chi connectivity index (χ2v) is 8.24. The number of carbonyl (C=O) groups excluding carboxylic acids is 1. The van der Waals surface area contributed by atoms with E-state index in [1.54, 1.807) is 7.11 Å². The van der Waals surface area contributed by atoms with E-state index in [-0.39, 0.29) is 5.91 Å². The lowest BCUT2D eigenvalue weighted by Crippen LogP contribution is -2.37. The van der Waals surface area contributed by atoms with Crippen LogP contribution in [0.4, 0.5) is 0 Å². The summed E-state index contributed by atoms with van der Waals surface area (Å²) in [6, 6.07) is 6.58. The lowest BCUT2D eigenvalue weighted by atomic mass is 9.95. The van der Waals surface area contributed by atoms with Crippen LogP contribution in [-0.2, 0) is 17.6 Å². The van der Waals surface area contributed by atoms with E-state index >= 15 is 0 Å². The van der Waals surface area contributed by atoms with Crippen molar-refractivity contribution in [2.75, 3.05) is 12.9 Å². The van der Waals surface area contributed by atoms with Gasteiger partial charge in [-0.15, -0.1) is 10.2 Å². The van der Waals surface area contributed by atoms with E-state index in [9.17, 15) is 4.79 Å². The zero-order valence-corrected chi connectivity index (χ0v) is 17.5. The van der Waals surface area contributed by atoms with Gasteiger partial charge in [-0.05, 0) is 49.8 Å². The molecule has 1 aliphatic rings. The van der Waals surface area contributed by atoms with E-state index in [1.807, 2.05) is 13.0 Å². The van der Waals surface area contributed by atoms with Gasteiger partial charge in [0.25, 0.3) is 5.22 Å². The van der Waals surface area contributed by atoms with Crippen molar-refractivity contribution in [2.45, 2.75) is 69.6 Å². The number of rotatable bonds is 9. The number of aromatic nitrogens is 2. The van der Waals surface area contributed by atoms with Crippen LogP contribution in [0.3, 0.4) is 0 Å². The predicted octanol–water partition coefficient (Wildman–Crippen LogP) is 4.10. The van der Waals surface area contributed by atoms with Crippen molar-refractivity contribution in [3.05, 3.63) is 35.2 Å². The number of thioether (sulfide) groups is 1. The minimum absolute atomic E-state index is 0.0477. The highest BCUT2D eigenvalue weighted by molar-refractivity contribution is 7.99. The summed E-state index contributed by atoms with van der Waals surface area (Å²) in [4.78, 5) is 12.1. The van der Waals surface area contributed by atoms with Gasteiger partial charge in [0.05, 0.1) is 12.9 Å². The van der Waals surface area contributed by atoms with Crippen molar-refractivity contribution in [1.29, 1.82) is 0 Å². The van der Waals surface area contributed by atoms with Crippen LogP contribution in [0.1, 0.15) is 55.5 Å². The summed E-state index contributed by atoms with van der Waals surface area (Å²) in [5.74, 6) is 1.91. The summed E-state index contributed by atoms with van der Waals surface area (Å²) >= 11 is 1.31. The molecule has 1 heterocycles. The maximum atomic E-state index is 12.1. The van der Waals surface area contributed by atoms with Gasteiger partial charge in [0.1, 0.15) is 5.75 Å². The number of methoxy groups -OCH3 is 1. The van der Waals surface area contributed by atoms with Gasteiger partial charge in [-0.25, -0.2) is 0 Å². The van der Waals surface area contributed by atoms with Crippen LogP contribution >= 0.6 is 11.8 Å². The Bertz CT molecular complexity index is 772. The van der Waals surface area contributed by atoms with Gasteiger partial charge in [-0.2, -0.15) is 0 Å². The van der Waals surface area contributed by atoms with E-state index in [0.29, 0.717) is 22.9 Å². The summed E-state index contributed by atoms with van der Waals surface area (Å²) in [6.45, 7) is 2.05. The van der Waals surface area contributed by atoms with Gasteiger partial charge in [0, 0.05) is 12.5 Å². The van der Waals surface area contributed by atoms with E-state index in [1.165, 1.54) is 36.6 Å². The molecule has 1 aromatic carbocycles. The monoisotopic (exact) mass is 403 g/mol. The number of nitrogens with zero attached hydrogens (tertiary/aromatic N) is 2. The molecular formula is C21H29N3O3S. The van der Waals surface area contributed by atoms with Crippen LogP contribution in [0.15, 0.2) is 27.8 Å². The summed E-state index contributed by atoms with van der Waals surface area (Å²) in [5, 5.41) is 11.7. The zero-order valence-electron chi connectivity index (χ0n) is 16.7. The maximum absolute atomic E-state index is 12.1. The zero-order chi connectivity index (χ0) is 19.8. The van der Waals surface area contributed by atoms with Crippen molar-refractivity contribution in [3.63, 3.8) is 0 Å². The number of amides is 1. The van der Waals surface area contributed by atoms with E-state index < -0.39 is 0 Å². The lowest BCUT2D eigenvalue weighted by molar-refractivity contribution is -0.119. The second-order valence-electron chi connectivity index (χ2n) is 7.31. The Labute approximate surface area is 170 Å². The third kappa shape index (κ3) is 6.26. The van der Waals surface area contributed by atoms with E-state index in [2.05, 4.69) is 27.6 Å². The van der Waals surface area contributed by atoms with Crippen LogP contribution in [0, 0.1) is 6.92 Å². The van der Waals surface area contributed by atoms with Gasteiger partial charge in [-0.3, -0.25) is 4.79 Å². The lowest BCUT2D eigenvalue weighted by Gasteiger charge is -2.22. The number of hydrogen-bond acceptors (Lipinski definition) is 6. The van der Waals surface area contributed by atoms with Crippen LogP contribution < -0.4 is 10.1 Å². The van der Waals surface area contributed by atoms with Gasteiger partial charge < -0.3 is 14.5 Å². The molecule has 1 aliphatic carbocycles. The quantitative estimate of drug-likeness (QED) is 0.635. The molecule has 3 rings (SSSR count). The first-order valence-corrected chi connectivity index (χ1v) is 11.0. The molecule has 2 aromatic rings. The highest BCUT2D eigenvalue weighted by atomic mass is 32.2. The molecule has 0 radical (unpaired) electrons. The first-order chi connectivity index (χ1) is 13.6. The van der Waals surface area contributed by atoms with Gasteiger partial charge >= 0.3 is 0 Å². The Morgan fingerprint density at radius 3 is 2.82 bits per heavy atom. The van der Waals surface area contributed by atoms with Crippen LogP contribution in [-0.4, -0.2) is 35.0 Å². The molecule has 152 valence electrons. The molecule has 1 amide bonds. The van der Waals surface area contributed by atoms with Crippen molar-refractivity contribution in [3.8, 4) is 5.75 Å². The number of hydrogen-bond donors (Lipinski definition) is 1.